The van der Waals surface area contributed by atoms with Gasteiger partial charge < -0.3 is 15.2 Å². The first kappa shape index (κ1) is 14.4. The molecule has 0 heterocycles. The van der Waals surface area contributed by atoms with Crippen molar-refractivity contribution in [3.05, 3.63) is 35.9 Å². The Balaban J connectivity index is 1.71. The summed E-state index contributed by atoms with van der Waals surface area (Å²) in [5, 5.41) is 11.7. The van der Waals surface area contributed by atoms with Gasteiger partial charge in [-0.1, -0.05) is 36.8 Å². The zero-order chi connectivity index (χ0) is 14.4. The minimum Gasteiger partial charge on any atom is -0.481 e. The van der Waals surface area contributed by atoms with Gasteiger partial charge in [-0.05, 0) is 24.3 Å². The van der Waals surface area contributed by atoms with Gasteiger partial charge in [0.2, 0.25) is 0 Å². The van der Waals surface area contributed by atoms with Crippen LogP contribution >= 0.6 is 0 Å². The van der Waals surface area contributed by atoms with Crippen molar-refractivity contribution in [2.45, 2.75) is 25.9 Å². The lowest BCUT2D eigenvalue weighted by Crippen LogP contribution is -2.33. The minimum absolute atomic E-state index is 0.0109. The van der Waals surface area contributed by atoms with Gasteiger partial charge in [0.15, 0.2) is 0 Å². The Morgan fingerprint density at radius 3 is 2.70 bits per heavy atom. The molecule has 1 aromatic carbocycles. The lowest BCUT2D eigenvalue weighted by molar-refractivity contribution is -0.142. The number of aliphatic carboxylic acids is 1. The van der Waals surface area contributed by atoms with Gasteiger partial charge in [-0.15, -0.1) is 0 Å². The number of carbonyl (C=O) groups is 2. The van der Waals surface area contributed by atoms with Crippen LogP contribution in [0, 0.1) is 11.8 Å². The average Bonchev–Trinajstić information content (AvgIpc) is 2.92. The molecule has 2 unspecified atom stereocenters. The SMILES string of the molecule is O=C(NCC1CCCC1C(=O)O)OCc1ccccc1. The first-order chi connectivity index (χ1) is 9.66. The van der Waals surface area contributed by atoms with Crippen LogP contribution in [0.15, 0.2) is 30.3 Å². The number of carboxylic acids is 1. The molecule has 2 N–H and O–H groups in total. The predicted molar refractivity (Wildman–Crippen MR) is 73.1 cm³/mol. The van der Waals surface area contributed by atoms with E-state index in [2.05, 4.69) is 5.32 Å². The maximum Gasteiger partial charge on any atom is 0.407 e. The highest BCUT2D eigenvalue weighted by Gasteiger charge is 2.32. The van der Waals surface area contributed by atoms with Gasteiger partial charge in [0.25, 0.3) is 0 Å². The highest BCUT2D eigenvalue weighted by atomic mass is 16.5. The molecule has 1 saturated carbocycles. The Kier molecular flexibility index (Phi) is 4.98. The first-order valence-electron chi connectivity index (χ1n) is 6.84. The van der Waals surface area contributed by atoms with E-state index in [9.17, 15) is 9.59 Å². The highest BCUT2D eigenvalue weighted by molar-refractivity contribution is 5.71. The second kappa shape index (κ2) is 6.93. The molecule has 20 heavy (non-hydrogen) atoms. The molecule has 0 saturated heterocycles. The molecule has 2 rings (SSSR count). The van der Waals surface area contributed by atoms with Crippen molar-refractivity contribution in [3.8, 4) is 0 Å². The van der Waals surface area contributed by atoms with E-state index in [-0.39, 0.29) is 18.4 Å². The fourth-order valence-electron chi connectivity index (χ4n) is 2.59. The molecule has 0 spiro atoms. The molecule has 5 nitrogen and oxygen atoms in total. The summed E-state index contributed by atoms with van der Waals surface area (Å²) in [6.07, 6.45) is 1.95. The van der Waals surface area contributed by atoms with Gasteiger partial charge in [0.1, 0.15) is 6.61 Å². The number of ether oxygens (including phenoxy) is 1. The van der Waals surface area contributed by atoms with Crippen LogP contribution in [0.5, 0.6) is 0 Å². The van der Waals surface area contributed by atoms with E-state index in [0.29, 0.717) is 13.0 Å². The number of carbonyl (C=O) groups excluding carboxylic acids is 1. The van der Waals surface area contributed by atoms with Crippen LogP contribution < -0.4 is 5.32 Å². The number of hydrogen-bond acceptors (Lipinski definition) is 3. The Morgan fingerprint density at radius 1 is 1.25 bits per heavy atom. The highest BCUT2D eigenvalue weighted by Crippen LogP contribution is 2.31. The molecule has 0 aromatic heterocycles. The van der Waals surface area contributed by atoms with Crippen LogP contribution in [0.2, 0.25) is 0 Å². The van der Waals surface area contributed by atoms with E-state index in [0.717, 1.165) is 18.4 Å². The summed E-state index contributed by atoms with van der Waals surface area (Å²) in [5.41, 5.74) is 0.923. The molecule has 5 heteroatoms. The summed E-state index contributed by atoms with van der Waals surface area (Å²) in [5.74, 6) is -1.10. The van der Waals surface area contributed by atoms with Crippen molar-refractivity contribution >= 4 is 12.1 Å². The van der Waals surface area contributed by atoms with Crippen LogP contribution in [0.3, 0.4) is 0 Å². The van der Waals surface area contributed by atoms with E-state index in [1.807, 2.05) is 30.3 Å². The van der Waals surface area contributed by atoms with Crippen LogP contribution in [-0.2, 0) is 16.1 Å². The summed E-state index contributed by atoms with van der Waals surface area (Å²) in [6, 6.07) is 9.42. The van der Waals surface area contributed by atoms with Crippen molar-refractivity contribution in [1.82, 2.24) is 5.32 Å². The lowest BCUT2D eigenvalue weighted by atomic mass is 9.96. The standard InChI is InChI=1S/C15H19NO4/c17-14(18)13-8-4-7-12(13)9-16-15(19)20-10-11-5-2-1-3-6-11/h1-3,5-6,12-13H,4,7-10H2,(H,16,19)(H,17,18). The molecule has 1 aliphatic rings. The van der Waals surface area contributed by atoms with Gasteiger partial charge in [-0.25, -0.2) is 4.79 Å². The molecule has 0 bridgehead atoms. The molecule has 0 aliphatic heterocycles. The van der Waals surface area contributed by atoms with Crippen molar-refractivity contribution in [3.63, 3.8) is 0 Å². The zero-order valence-corrected chi connectivity index (χ0v) is 11.2. The number of amides is 1. The Labute approximate surface area is 117 Å². The Bertz CT molecular complexity index is 460. The third kappa shape index (κ3) is 3.98. The predicted octanol–water partition coefficient (Wildman–Crippen LogP) is 2.41. The van der Waals surface area contributed by atoms with E-state index in [1.165, 1.54) is 0 Å². The number of nitrogens with one attached hydrogen (secondary N) is 1. The number of hydrogen-bond donors (Lipinski definition) is 2. The molecule has 1 aliphatic carbocycles. The topological polar surface area (TPSA) is 75.6 Å². The number of benzene rings is 1. The molecular formula is C15H19NO4. The summed E-state index contributed by atoms with van der Waals surface area (Å²) >= 11 is 0. The van der Waals surface area contributed by atoms with Crippen molar-refractivity contribution < 1.29 is 19.4 Å². The smallest absolute Gasteiger partial charge is 0.407 e. The zero-order valence-electron chi connectivity index (χ0n) is 11.2. The maximum absolute atomic E-state index is 11.6. The second-order valence-corrected chi connectivity index (χ2v) is 5.08. The lowest BCUT2D eigenvalue weighted by Gasteiger charge is -2.16. The third-order valence-corrected chi connectivity index (χ3v) is 3.70. The quantitative estimate of drug-likeness (QED) is 0.866. The average molecular weight is 277 g/mol. The van der Waals surface area contributed by atoms with Gasteiger partial charge in [0.05, 0.1) is 5.92 Å². The molecule has 108 valence electrons. The van der Waals surface area contributed by atoms with Crippen molar-refractivity contribution in [2.75, 3.05) is 6.54 Å². The molecule has 2 atom stereocenters. The summed E-state index contributed by atoms with van der Waals surface area (Å²) in [7, 11) is 0. The van der Waals surface area contributed by atoms with E-state index in [1.54, 1.807) is 0 Å². The van der Waals surface area contributed by atoms with Crippen LogP contribution in [-0.4, -0.2) is 23.7 Å². The van der Waals surface area contributed by atoms with Crippen LogP contribution in [0.1, 0.15) is 24.8 Å². The Morgan fingerprint density at radius 2 is 2.00 bits per heavy atom. The Hall–Kier alpha value is -2.04. The molecule has 1 amide bonds. The minimum atomic E-state index is -0.771. The summed E-state index contributed by atoms with van der Waals surface area (Å²) in [6.45, 7) is 0.588. The van der Waals surface area contributed by atoms with Crippen molar-refractivity contribution in [2.24, 2.45) is 11.8 Å². The monoisotopic (exact) mass is 277 g/mol. The third-order valence-electron chi connectivity index (χ3n) is 3.70. The van der Waals surface area contributed by atoms with E-state index >= 15 is 0 Å². The second-order valence-electron chi connectivity index (χ2n) is 5.08. The number of carboxylic acid groups (broad SMARTS) is 1. The van der Waals surface area contributed by atoms with Gasteiger partial charge >= 0.3 is 12.1 Å². The normalized spacial score (nSPS) is 21.4. The van der Waals surface area contributed by atoms with Gasteiger partial charge in [-0.3, -0.25) is 4.79 Å². The summed E-state index contributed by atoms with van der Waals surface area (Å²) < 4.78 is 5.09. The fraction of sp³-hybridized carbons (Fsp3) is 0.467. The molecule has 1 fully saturated rings. The van der Waals surface area contributed by atoms with Crippen LogP contribution in [0.4, 0.5) is 4.79 Å². The number of rotatable bonds is 5. The fourth-order valence-corrected chi connectivity index (χ4v) is 2.59. The molecular weight excluding hydrogens is 258 g/mol. The number of alkyl carbamates (subject to hydrolysis) is 1. The van der Waals surface area contributed by atoms with Crippen molar-refractivity contribution in [1.29, 1.82) is 0 Å². The first-order valence-corrected chi connectivity index (χ1v) is 6.84. The molecule has 0 radical (unpaired) electrons. The van der Waals surface area contributed by atoms with Crippen LogP contribution in [0.25, 0.3) is 0 Å². The summed E-state index contributed by atoms with van der Waals surface area (Å²) in [4.78, 5) is 22.6. The van der Waals surface area contributed by atoms with Gasteiger partial charge in [0, 0.05) is 6.54 Å². The largest absolute Gasteiger partial charge is 0.481 e. The van der Waals surface area contributed by atoms with Gasteiger partial charge in [-0.2, -0.15) is 0 Å². The van der Waals surface area contributed by atoms with E-state index in [4.69, 9.17) is 9.84 Å². The maximum atomic E-state index is 11.6. The molecule has 1 aromatic rings. The van der Waals surface area contributed by atoms with E-state index < -0.39 is 12.1 Å².